The van der Waals surface area contributed by atoms with Crippen LogP contribution in [-0.4, -0.2) is 46.3 Å². The molecule has 2 amide bonds. The van der Waals surface area contributed by atoms with E-state index in [0.717, 1.165) is 13.0 Å². The van der Waals surface area contributed by atoms with Crippen LogP contribution >= 0.6 is 0 Å². The Morgan fingerprint density at radius 2 is 1.52 bits per heavy atom. The molecule has 0 aliphatic heterocycles. The van der Waals surface area contributed by atoms with Crippen molar-refractivity contribution < 1.29 is 49.4 Å². The summed E-state index contributed by atoms with van der Waals surface area (Å²) >= 11 is 0. The summed E-state index contributed by atoms with van der Waals surface area (Å²) in [5, 5.41) is 4.08. The number of urea groups is 1. The predicted octanol–water partition coefficient (Wildman–Crippen LogP) is 4.82. The van der Waals surface area contributed by atoms with Gasteiger partial charge in [-0.15, -0.1) is 0 Å². The highest BCUT2D eigenvalue weighted by molar-refractivity contribution is 5.98. The van der Waals surface area contributed by atoms with Gasteiger partial charge in [-0.3, -0.25) is 5.32 Å². The number of nitrogens with one attached hydrogen (secondary N) is 2. The third-order valence-corrected chi connectivity index (χ3v) is 3.43. The van der Waals surface area contributed by atoms with E-state index in [1.807, 2.05) is 5.32 Å². The molecule has 8 nitrogen and oxygen atoms in total. The molecule has 2 rings (SSSR count). The molecule has 2 heterocycles. The molecule has 0 atom stereocenters. The SMILES string of the molecule is Cc1c(OCC(C)(F)F)nc(NC(=O)Nc2ccc(C(F)(F)F)nc2)nc1OCC(F)(F)F. The maximum absolute atomic E-state index is 13.1. The van der Waals surface area contributed by atoms with Gasteiger partial charge in [0.05, 0.1) is 17.4 Å². The van der Waals surface area contributed by atoms with E-state index in [2.05, 4.69) is 25.0 Å². The molecular weight excluding hydrogens is 474 g/mol. The van der Waals surface area contributed by atoms with Gasteiger partial charge >= 0.3 is 18.4 Å². The van der Waals surface area contributed by atoms with Crippen molar-refractivity contribution in [2.45, 2.75) is 32.1 Å². The zero-order valence-corrected chi connectivity index (χ0v) is 16.7. The lowest BCUT2D eigenvalue weighted by Crippen LogP contribution is -2.25. The van der Waals surface area contributed by atoms with Crippen molar-refractivity contribution in [2.24, 2.45) is 0 Å². The number of aromatic nitrogens is 3. The number of alkyl halides is 8. The van der Waals surface area contributed by atoms with Crippen LogP contribution in [0.1, 0.15) is 18.2 Å². The van der Waals surface area contributed by atoms with Crippen LogP contribution in [0.2, 0.25) is 0 Å². The van der Waals surface area contributed by atoms with Crippen LogP contribution in [0.25, 0.3) is 0 Å². The minimum absolute atomic E-state index is 0.178. The summed E-state index contributed by atoms with van der Waals surface area (Å²) in [6, 6.07) is 0.355. The van der Waals surface area contributed by atoms with Crippen molar-refractivity contribution in [1.29, 1.82) is 0 Å². The zero-order valence-electron chi connectivity index (χ0n) is 16.7. The number of rotatable bonds is 7. The van der Waals surface area contributed by atoms with E-state index in [0.29, 0.717) is 19.2 Å². The molecule has 0 spiro atoms. The lowest BCUT2D eigenvalue weighted by atomic mass is 10.3. The quantitative estimate of drug-likeness (QED) is 0.542. The van der Waals surface area contributed by atoms with Crippen LogP contribution in [0.5, 0.6) is 11.8 Å². The normalized spacial score (nSPS) is 12.3. The second-order valence-corrected chi connectivity index (χ2v) is 6.55. The van der Waals surface area contributed by atoms with Crippen molar-refractivity contribution >= 4 is 17.7 Å². The molecule has 33 heavy (non-hydrogen) atoms. The monoisotopic (exact) mass is 489 g/mol. The standard InChI is InChI=1S/C17H15F8N5O3/c1-8-11(32-6-15(2,18)19)28-13(29-12(8)33-7-16(20,21)22)30-14(31)27-9-3-4-10(26-5-9)17(23,24)25/h3-5H,6-7H2,1-2H3,(H2,27,28,29,30,31). The smallest absolute Gasteiger partial charge is 0.433 e. The van der Waals surface area contributed by atoms with Gasteiger partial charge in [0.2, 0.25) is 17.7 Å². The topological polar surface area (TPSA) is 98.3 Å². The van der Waals surface area contributed by atoms with Crippen LogP contribution in [-0.2, 0) is 6.18 Å². The summed E-state index contributed by atoms with van der Waals surface area (Å²) in [6.45, 7) is -1.30. The molecule has 0 radical (unpaired) electrons. The fraction of sp³-hybridized carbons (Fsp3) is 0.412. The lowest BCUT2D eigenvalue weighted by molar-refractivity contribution is -0.154. The largest absolute Gasteiger partial charge is 0.471 e. The summed E-state index contributed by atoms with van der Waals surface area (Å²) in [5.41, 5.74) is -1.64. The molecule has 0 unspecified atom stereocenters. The molecule has 0 aromatic carbocycles. The van der Waals surface area contributed by atoms with Crippen LogP contribution in [0.4, 0.5) is 51.6 Å². The van der Waals surface area contributed by atoms with Crippen molar-refractivity contribution in [1.82, 2.24) is 15.0 Å². The number of carbonyl (C=O) groups is 1. The van der Waals surface area contributed by atoms with E-state index in [1.54, 1.807) is 0 Å². The molecule has 2 N–H and O–H groups in total. The minimum atomic E-state index is -4.75. The van der Waals surface area contributed by atoms with E-state index in [4.69, 9.17) is 4.74 Å². The van der Waals surface area contributed by atoms with Gasteiger partial charge in [0.1, 0.15) is 5.69 Å². The van der Waals surface area contributed by atoms with Gasteiger partial charge in [0, 0.05) is 6.92 Å². The molecule has 182 valence electrons. The average Bonchev–Trinajstić information content (AvgIpc) is 2.65. The highest BCUT2D eigenvalue weighted by Crippen LogP contribution is 2.29. The highest BCUT2D eigenvalue weighted by atomic mass is 19.4. The lowest BCUT2D eigenvalue weighted by Gasteiger charge is -2.17. The number of amides is 2. The second-order valence-electron chi connectivity index (χ2n) is 6.55. The van der Waals surface area contributed by atoms with E-state index in [-0.39, 0.29) is 11.3 Å². The molecule has 0 saturated heterocycles. The molecule has 0 aliphatic rings. The summed E-state index contributed by atoms with van der Waals surface area (Å²) in [6.07, 6.45) is -8.75. The third kappa shape index (κ3) is 8.53. The molecule has 0 aliphatic carbocycles. The molecule has 2 aromatic rings. The summed E-state index contributed by atoms with van der Waals surface area (Å²) in [5.74, 6) is -5.30. The Morgan fingerprint density at radius 3 is 1.97 bits per heavy atom. The number of hydrogen-bond acceptors (Lipinski definition) is 6. The third-order valence-electron chi connectivity index (χ3n) is 3.43. The van der Waals surface area contributed by atoms with Gasteiger partial charge in [-0.25, -0.2) is 18.6 Å². The predicted molar refractivity (Wildman–Crippen MR) is 96.3 cm³/mol. The van der Waals surface area contributed by atoms with Crippen molar-refractivity contribution in [2.75, 3.05) is 23.8 Å². The van der Waals surface area contributed by atoms with E-state index < -0.39 is 60.9 Å². The Morgan fingerprint density at radius 1 is 0.939 bits per heavy atom. The van der Waals surface area contributed by atoms with Gasteiger partial charge in [-0.1, -0.05) is 0 Å². The number of anilines is 2. The van der Waals surface area contributed by atoms with Crippen LogP contribution < -0.4 is 20.1 Å². The Kier molecular flexibility index (Phi) is 7.49. The van der Waals surface area contributed by atoms with Gasteiger partial charge in [0.25, 0.3) is 5.92 Å². The summed E-state index contributed by atoms with van der Waals surface area (Å²) in [7, 11) is 0. The van der Waals surface area contributed by atoms with Gasteiger partial charge in [-0.05, 0) is 19.1 Å². The van der Waals surface area contributed by atoms with E-state index in [9.17, 15) is 39.9 Å². The Labute approximate surface area is 180 Å². The van der Waals surface area contributed by atoms with E-state index in [1.165, 1.54) is 0 Å². The summed E-state index contributed by atoms with van der Waals surface area (Å²) in [4.78, 5) is 22.4. The Balaban J connectivity index is 2.21. The maximum Gasteiger partial charge on any atom is 0.433 e. The Hall–Kier alpha value is -3.46. The second kappa shape index (κ2) is 9.58. The van der Waals surface area contributed by atoms with Crippen LogP contribution in [0.15, 0.2) is 18.3 Å². The first-order valence-corrected chi connectivity index (χ1v) is 8.73. The highest BCUT2D eigenvalue weighted by Gasteiger charge is 2.32. The van der Waals surface area contributed by atoms with Gasteiger partial charge < -0.3 is 14.8 Å². The van der Waals surface area contributed by atoms with E-state index >= 15 is 0 Å². The fourth-order valence-corrected chi connectivity index (χ4v) is 2.06. The van der Waals surface area contributed by atoms with Gasteiger partial charge in [0.15, 0.2) is 13.2 Å². The average molecular weight is 489 g/mol. The van der Waals surface area contributed by atoms with Crippen molar-refractivity contribution in [3.63, 3.8) is 0 Å². The maximum atomic E-state index is 13.1. The first-order valence-electron chi connectivity index (χ1n) is 8.73. The van der Waals surface area contributed by atoms with Crippen molar-refractivity contribution in [3.05, 3.63) is 29.6 Å². The molecule has 2 aromatic heterocycles. The minimum Gasteiger partial charge on any atom is -0.471 e. The molecular formula is C17H15F8N5O3. The van der Waals surface area contributed by atoms with Gasteiger partial charge in [-0.2, -0.15) is 36.3 Å². The fourth-order valence-electron chi connectivity index (χ4n) is 2.06. The number of hydrogen-bond donors (Lipinski definition) is 2. The van der Waals surface area contributed by atoms with Crippen LogP contribution in [0, 0.1) is 6.92 Å². The molecule has 16 heteroatoms. The molecule has 0 fully saturated rings. The Bertz CT molecular complexity index is 936. The number of pyridine rings is 1. The zero-order chi connectivity index (χ0) is 25.0. The number of carbonyl (C=O) groups excluding carboxylic acids is 1. The molecule has 0 saturated carbocycles. The number of halogens is 8. The molecule has 0 bridgehead atoms. The first kappa shape index (κ1) is 25.8. The first-order chi connectivity index (χ1) is 15.0. The van der Waals surface area contributed by atoms with Crippen LogP contribution in [0.3, 0.4) is 0 Å². The number of nitrogens with zero attached hydrogens (tertiary/aromatic N) is 3. The summed E-state index contributed by atoms with van der Waals surface area (Å²) < 4.78 is 111. The number of ether oxygens (including phenoxy) is 2. The van der Waals surface area contributed by atoms with Crippen molar-refractivity contribution in [3.8, 4) is 11.8 Å².